The van der Waals surface area contributed by atoms with Crippen LogP contribution in [0.15, 0.2) is 18.5 Å². The third kappa shape index (κ3) is 2.44. The number of hydrogen-bond acceptors (Lipinski definition) is 1. The van der Waals surface area contributed by atoms with Gasteiger partial charge in [0.2, 0.25) is 0 Å². The zero-order valence-corrected chi connectivity index (χ0v) is 7.03. The molecule has 0 aromatic carbocycles. The van der Waals surface area contributed by atoms with Crippen molar-refractivity contribution in [2.75, 3.05) is 0 Å². The van der Waals surface area contributed by atoms with Crippen LogP contribution < -0.4 is 0 Å². The quantitative estimate of drug-likeness (QED) is 0.526. The lowest BCUT2D eigenvalue weighted by molar-refractivity contribution is 0.281. The van der Waals surface area contributed by atoms with Gasteiger partial charge in [-0.3, -0.25) is 0 Å². The van der Waals surface area contributed by atoms with Crippen LogP contribution in [0.2, 0.25) is 0 Å². The van der Waals surface area contributed by atoms with Crippen molar-refractivity contribution in [3.05, 3.63) is 24.0 Å². The molecule has 0 bridgehead atoms. The predicted octanol–water partition coefficient (Wildman–Crippen LogP) is 1.39. The molecular formula is C10H13NO. The maximum Gasteiger partial charge on any atom is 0.0696 e. The molecule has 1 aromatic rings. The zero-order valence-electron chi connectivity index (χ0n) is 7.03. The summed E-state index contributed by atoms with van der Waals surface area (Å²) in [6.07, 6.45) is 10.8. The van der Waals surface area contributed by atoms with Gasteiger partial charge in [0.05, 0.1) is 6.61 Å². The Kier molecular flexibility index (Phi) is 3.43. The van der Waals surface area contributed by atoms with E-state index >= 15 is 0 Å². The third-order valence-corrected chi connectivity index (χ3v) is 1.73. The molecule has 0 aliphatic rings. The molecule has 2 nitrogen and oxygen atoms in total. The van der Waals surface area contributed by atoms with E-state index in [2.05, 4.69) is 5.92 Å². The molecule has 0 aliphatic carbocycles. The molecule has 1 heterocycles. The number of aliphatic hydroxyl groups excluding tert-OH is 1. The predicted molar refractivity (Wildman–Crippen MR) is 48.4 cm³/mol. The van der Waals surface area contributed by atoms with Crippen LogP contribution in [0.25, 0.3) is 0 Å². The molecule has 0 atom stereocenters. The fourth-order valence-electron chi connectivity index (χ4n) is 1.09. The lowest BCUT2D eigenvalue weighted by atomic mass is 10.3. The molecule has 12 heavy (non-hydrogen) atoms. The lowest BCUT2D eigenvalue weighted by Gasteiger charge is -1.98. The smallest absolute Gasteiger partial charge is 0.0696 e. The van der Waals surface area contributed by atoms with Crippen LogP contribution in [0.5, 0.6) is 0 Å². The summed E-state index contributed by atoms with van der Waals surface area (Å²) in [5, 5.41) is 8.78. The first-order valence-corrected chi connectivity index (χ1v) is 4.06. The van der Waals surface area contributed by atoms with E-state index in [1.165, 1.54) is 0 Å². The minimum Gasteiger partial charge on any atom is -0.392 e. The molecular weight excluding hydrogens is 150 g/mol. The van der Waals surface area contributed by atoms with Crippen LogP contribution >= 0.6 is 0 Å². The van der Waals surface area contributed by atoms with Crippen molar-refractivity contribution in [3.8, 4) is 12.3 Å². The van der Waals surface area contributed by atoms with Crippen molar-refractivity contribution in [1.82, 2.24) is 4.57 Å². The monoisotopic (exact) mass is 163 g/mol. The second-order valence-corrected chi connectivity index (χ2v) is 2.72. The first kappa shape index (κ1) is 8.89. The van der Waals surface area contributed by atoms with Crippen LogP contribution in [0.3, 0.4) is 0 Å². The Balaban J connectivity index is 2.37. The molecule has 64 valence electrons. The summed E-state index contributed by atoms with van der Waals surface area (Å²) in [4.78, 5) is 0. The van der Waals surface area contributed by atoms with Gasteiger partial charge in [-0.05, 0) is 18.1 Å². The fourth-order valence-corrected chi connectivity index (χ4v) is 1.09. The summed E-state index contributed by atoms with van der Waals surface area (Å²) in [7, 11) is 0. The fraction of sp³-hybridized carbons (Fsp3) is 0.400. The molecule has 1 aromatic heterocycles. The number of aryl methyl sites for hydroxylation is 1. The normalized spacial score (nSPS) is 9.67. The van der Waals surface area contributed by atoms with Crippen molar-refractivity contribution in [3.63, 3.8) is 0 Å². The lowest BCUT2D eigenvalue weighted by Crippen LogP contribution is -1.93. The van der Waals surface area contributed by atoms with Gasteiger partial charge in [-0.25, -0.2) is 0 Å². The van der Waals surface area contributed by atoms with E-state index in [-0.39, 0.29) is 6.61 Å². The maximum absolute atomic E-state index is 8.78. The van der Waals surface area contributed by atoms with Gasteiger partial charge in [0.15, 0.2) is 0 Å². The van der Waals surface area contributed by atoms with Gasteiger partial charge in [-0.1, -0.05) is 0 Å². The van der Waals surface area contributed by atoms with E-state index in [1.54, 1.807) is 0 Å². The summed E-state index contributed by atoms with van der Waals surface area (Å²) in [5.74, 6) is 2.60. The molecule has 0 saturated heterocycles. The van der Waals surface area contributed by atoms with E-state index < -0.39 is 0 Å². The summed E-state index contributed by atoms with van der Waals surface area (Å²) in [5.41, 5.74) is 0.954. The summed E-state index contributed by atoms with van der Waals surface area (Å²) in [6.45, 7) is 1.05. The molecule has 0 saturated carbocycles. The van der Waals surface area contributed by atoms with Crippen LogP contribution in [0.4, 0.5) is 0 Å². The van der Waals surface area contributed by atoms with Crippen LogP contribution in [0, 0.1) is 12.3 Å². The van der Waals surface area contributed by atoms with E-state index in [0.29, 0.717) is 0 Å². The van der Waals surface area contributed by atoms with Crippen LogP contribution in [0.1, 0.15) is 18.4 Å². The van der Waals surface area contributed by atoms with Crippen molar-refractivity contribution < 1.29 is 5.11 Å². The van der Waals surface area contributed by atoms with Gasteiger partial charge < -0.3 is 9.67 Å². The number of aromatic nitrogens is 1. The molecule has 0 spiro atoms. The first-order chi connectivity index (χ1) is 5.86. The number of hydrogen-bond donors (Lipinski definition) is 1. The number of aliphatic hydroxyl groups is 1. The minimum absolute atomic E-state index is 0.113. The van der Waals surface area contributed by atoms with Crippen molar-refractivity contribution in [1.29, 1.82) is 0 Å². The molecule has 1 rings (SSSR count). The van der Waals surface area contributed by atoms with Crippen molar-refractivity contribution in [2.45, 2.75) is 26.0 Å². The average molecular weight is 163 g/mol. The summed E-state index contributed by atoms with van der Waals surface area (Å²) >= 11 is 0. The van der Waals surface area contributed by atoms with Crippen molar-refractivity contribution in [2.24, 2.45) is 0 Å². The number of nitrogens with zero attached hydrogens (tertiary/aromatic N) is 1. The van der Waals surface area contributed by atoms with Crippen molar-refractivity contribution >= 4 is 0 Å². The highest BCUT2D eigenvalue weighted by molar-refractivity contribution is 5.08. The topological polar surface area (TPSA) is 25.2 Å². The molecule has 1 N–H and O–H groups in total. The highest BCUT2D eigenvalue weighted by Crippen LogP contribution is 2.02. The van der Waals surface area contributed by atoms with Gasteiger partial charge in [-0.2, -0.15) is 0 Å². The summed E-state index contributed by atoms with van der Waals surface area (Å²) in [6, 6.07) is 1.91. The Labute approximate surface area is 72.8 Å². The minimum atomic E-state index is 0.113. The van der Waals surface area contributed by atoms with Crippen LogP contribution in [-0.2, 0) is 13.2 Å². The van der Waals surface area contributed by atoms with Gasteiger partial charge in [0, 0.05) is 25.4 Å². The van der Waals surface area contributed by atoms with Gasteiger partial charge in [0.1, 0.15) is 0 Å². The number of unbranched alkanes of at least 4 members (excludes halogenated alkanes) is 1. The van der Waals surface area contributed by atoms with E-state index in [0.717, 1.165) is 24.9 Å². The van der Waals surface area contributed by atoms with Crippen LogP contribution in [-0.4, -0.2) is 9.67 Å². The first-order valence-electron chi connectivity index (χ1n) is 4.06. The van der Waals surface area contributed by atoms with E-state index in [9.17, 15) is 0 Å². The van der Waals surface area contributed by atoms with Gasteiger partial charge in [-0.15, -0.1) is 12.3 Å². The molecule has 0 aliphatic heterocycles. The number of rotatable bonds is 4. The Hall–Kier alpha value is -1.20. The molecule has 2 heteroatoms. The molecule has 0 amide bonds. The summed E-state index contributed by atoms with van der Waals surface area (Å²) < 4.78 is 2.04. The SMILES string of the molecule is C#CCCCn1ccc(CO)c1. The average Bonchev–Trinajstić information content (AvgIpc) is 2.53. The standard InChI is InChI=1S/C10H13NO/c1-2-3-4-6-11-7-5-10(8-11)9-12/h1,5,7-8,12H,3-4,6,9H2. The molecule has 0 radical (unpaired) electrons. The zero-order chi connectivity index (χ0) is 8.81. The Morgan fingerprint density at radius 1 is 1.58 bits per heavy atom. The second kappa shape index (κ2) is 4.63. The Bertz CT molecular complexity index is 270. The third-order valence-electron chi connectivity index (χ3n) is 1.73. The van der Waals surface area contributed by atoms with Gasteiger partial charge >= 0.3 is 0 Å². The molecule has 0 fully saturated rings. The van der Waals surface area contributed by atoms with E-state index in [1.807, 2.05) is 23.0 Å². The van der Waals surface area contributed by atoms with E-state index in [4.69, 9.17) is 11.5 Å². The molecule has 0 unspecified atom stereocenters. The van der Waals surface area contributed by atoms with Gasteiger partial charge in [0.25, 0.3) is 0 Å². The highest BCUT2D eigenvalue weighted by atomic mass is 16.3. The highest BCUT2D eigenvalue weighted by Gasteiger charge is 1.93. The maximum atomic E-state index is 8.78. The Morgan fingerprint density at radius 3 is 3.00 bits per heavy atom. The second-order valence-electron chi connectivity index (χ2n) is 2.72. The number of terminal acetylenes is 1. The Morgan fingerprint density at radius 2 is 2.42 bits per heavy atom. The largest absolute Gasteiger partial charge is 0.392 e.